The van der Waals surface area contributed by atoms with Crippen molar-refractivity contribution in [2.24, 2.45) is 5.41 Å². The zero-order valence-corrected chi connectivity index (χ0v) is 36.7. The number of methoxy groups -OCH3 is 2. The van der Waals surface area contributed by atoms with Gasteiger partial charge in [-0.3, -0.25) is 9.59 Å². The number of halogens is 4. The molecule has 0 radical (unpaired) electrons. The van der Waals surface area contributed by atoms with Gasteiger partial charge in [0.15, 0.2) is 17.3 Å². The van der Waals surface area contributed by atoms with Crippen molar-refractivity contribution >= 4 is 23.3 Å². The number of hydrogen-bond donors (Lipinski definition) is 2. The van der Waals surface area contributed by atoms with Gasteiger partial charge in [-0.15, -0.1) is 0 Å². The predicted molar refractivity (Wildman–Crippen MR) is 236 cm³/mol. The summed E-state index contributed by atoms with van der Waals surface area (Å²) >= 11 is 6.36. The molecule has 0 unspecified atom stereocenters. The van der Waals surface area contributed by atoms with Crippen LogP contribution in [0.1, 0.15) is 102 Å². The molecule has 0 spiro atoms. The predicted octanol–water partition coefficient (Wildman–Crippen LogP) is 11.2. The van der Waals surface area contributed by atoms with Crippen LogP contribution in [0.5, 0.6) is 11.5 Å². The van der Waals surface area contributed by atoms with Crippen LogP contribution < -0.4 is 9.47 Å². The van der Waals surface area contributed by atoms with E-state index in [1.807, 2.05) is 62.4 Å². The molecule has 63 heavy (non-hydrogen) atoms. The molecule has 1 amide bonds. The molecule has 3 aliphatic rings. The normalized spacial score (nSPS) is 21.6. The second kappa shape index (κ2) is 18.8. The maximum absolute atomic E-state index is 14.7. The van der Waals surface area contributed by atoms with E-state index < -0.39 is 34.6 Å². The Bertz CT molecular complexity index is 2480. The number of carbonyl (C=O) groups is 2. The molecule has 1 saturated carbocycles. The summed E-state index contributed by atoms with van der Waals surface area (Å²) in [6.07, 6.45) is 0.327. The highest BCUT2D eigenvalue weighted by molar-refractivity contribution is 6.33. The number of benzene rings is 4. The third-order valence-electron chi connectivity index (χ3n) is 13.1. The lowest BCUT2D eigenvalue weighted by Gasteiger charge is -2.46. The fraction of sp³-hybridized carbons (Fsp3) is 0.373. The van der Waals surface area contributed by atoms with E-state index in [-0.39, 0.29) is 53.4 Å². The molecule has 1 aromatic heterocycles. The number of carbonyl (C=O) groups excluding carboxylic acids is 2. The van der Waals surface area contributed by atoms with Gasteiger partial charge in [-0.25, -0.2) is 0 Å². The van der Waals surface area contributed by atoms with Gasteiger partial charge in [0.1, 0.15) is 5.76 Å². The number of amides is 1. The molecular weight excluding hydrogens is 831 g/mol. The van der Waals surface area contributed by atoms with Crippen LogP contribution in [0, 0.1) is 5.41 Å². The van der Waals surface area contributed by atoms with Crippen molar-refractivity contribution in [3.05, 3.63) is 153 Å². The molecule has 8 nitrogen and oxygen atoms in total. The molecule has 0 aliphatic heterocycles. The van der Waals surface area contributed by atoms with Gasteiger partial charge in [-0.1, -0.05) is 78.7 Å². The van der Waals surface area contributed by atoms with Gasteiger partial charge in [-0.05, 0) is 129 Å². The lowest BCUT2D eigenvalue weighted by molar-refractivity contribution is -0.140. The number of ketones is 1. The quantitative estimate of drug-likeness (QED) is 0.100. The van der Waals surface area contributed by atoms with E-state index in [9.17, 15) is 33.0 Å². The molecule has 4 aromatic carbocycles. The van der Waals surface area contributed by atoms with Crippen LogP contribution in [0.4, 0.5) is 13.2 Å². The summed E-state index contributed by atoms with van der Waals surface area (Å²) in [6, 6.07) is 26.4. The maximum atomic E-state index is 14.7. The van der Waals surface area contributed by atoms with Crippen molar-refractivity contribution in [3.8, 4) is 22.8 Å². The van der Waals surface area contributed by atoms with E-state index >= 15 is 0 Å². The topological polar surface area (TPSA) is 109 Å². The lowest BCUT2D eigenvalue weighted by Crippen LogP contribution is -2.53. The van der Waals surface area contributed by atoms with E-state index in [4.69, 9.17) is 25.5 Å². The Hall–Kier alpha value is -5.36. The Morgan fingerprint density at radius 3 is 2.40 bits per heavy atom. The molecule has 3 aliphatic carbocycles. The number of alkyl halides is 3. The number of aliphatic hydroxyl groups is 2. The first-order valence-electron chi connectivity index (χ1n) is 21.2. The number of ether oxygens (including phenoxy) is 2. The van der Waals surface area contributed by atoms with Gasteiger partial charge < -0.3 is 29.0 Å². The minimum atomic E-state index is -4.62. The number of hydrogen-bond acceptors (Lipinski definition) is 7. The number of allylic oxidation sites excluding steroid dienone is 2. The molecule has 8 rings (SSSR count). The van der Waals surface area contributed by atoms with E-state index in [0.717, 1.165) is 40.5 Å². The monoisotopic (exact) mass is 883 g/mol. The van der Waals surface area contributed by atoms with Gasteiger partial charge in [0.2, 0.25) is 11.7 Å². The summed E-state index contributed by atoms with van der Waals surface area (Å²) in [6.45, 7) is 4.37. The average Bonchev–Trinajstić information content (AvgIpc) is 3.84. The first-order valence-corrected chi connectivity index (χ1v) is 21.6. The number of fused-ring (bicyclic) bond motifs is 8. The average molecular weight is 884 g/mol. The summed E-state index contributed by atoms with van der Waals surface area (Å²) in [5.74, 6) is -0.0965. The number of rotatable bonds is 11. The molecule has 5 aromatic rings. The molecule has 2 N–H and O–H groups in total. The van der Waals surface area contributed by atoms with Crippen LogP contribution in [0.25, 0.3) is 11.3 Å². The highest BCUT2D eigenvalue weighted by atomic mass is 35.5. The molecule has 1 fully saturated rings. The highest BCUT2D eigenvalue weighted by Gasteiger charge is 2.57. The van der Waals surface area contributed by atoms with Crippen LogP contribution in [-0.4, -0.2) is 59.3 Å². The Kier molecular flexibility index (Phi) is 13.6. The number of furan rings is 1. The molecule has 4 atom stereocenters. The van der Waals surface area contributed by atoms with Gasteiger partial charge in [0, 0.05) is 23.1 Å². The summed E-state index contributed by atoms with van der Waals surface area (Å²) in [7, 11) is 3.09. The van der Waals surface area contributed by atoms with Gasteiger partial charge in [0.25, 0.3) is 0 Å². The Labute approximate surface area is 371 Å². The molecule has 2 bridgehead atoms. The van der Waals surface area contributed by atoms with E-state index in [1.165, 1.54) is 12.1 Å². The first kappa shape index (κ1) is 45.7. The minimum absolute atomic E-state index is 0.00298. The number of aliphatic hydroxyl groups excluding tert-OH is 1. The lowest BCUT2D eigenvalue weighted by atomic mass is 9.64. The Balaban J connectivity index is 1.28. The van der Waals surface area contributed by atoms with Crippen molar-refractivity contribution in [1.29, 1.82) is 0 Å². The smallest absolute Gasteiger partial charge is 0.416 e. The minimum Gasteiger partial charge on any atom is -0.493 e. The van der Waals surface area contributed by atoms with Crippen LogP contribution in [0.3, 0.4) is 0 Å². The fourth-order valence-corrected chi connectivity index (χ4v) is 9.66. The van der Waals surface area contributed by atoms with Crippen LogP contribution in [0.15, 0.2) is 113 Å². The standard InChI is InChI=1S/C51H53ClF3NO7/c1-32-9-8-23-49(2)41(22-24-50(49,60)31-56(30-33-10-6-5-7-11-33)47(58)28-35-14-19-44(61-3)46(27-35)62-4)38-17-13-34(25-37(57)16-12-32)26-39(38)48(59)45-21-20-43(63-45)40-29-36(51(53,54)55)15-18-42(40)52/h5-7,9-11,13-15,17-21,26-27,29,37,41,57,60H,8,12,16,22-25,28,30-31H2,1-4H3/t37-,41-,49-,50+/m0/s1. The number of nitrogens with zero attached hydrogens (tertiary/aromatic N) is 1. The SMILES string of the molecule is COc1ccc(CC(=O)N(Cc2ccccc2)C[C@]2(O)CC[C@H]3c4ccc(cc4C(=O)c4ccc(-c5cc(C(F)(F)F)ccc5Cl)o4)C[C@@H](O)CCC(C)=CCC[C@@]32C)cc1OC. The highest BCUT2D eigenvalue weighted by Crippen LogP contribution is 2.59. The third kappa shape index (κ3) is 9.91. The Morgan fingerprint density at radius 2 is 1.67 bits per heavy atom. The van der Waals surface area contributed by atoms with Gasteiger partial charge >= 0.3 is 6.18 Å². The summed E-state index contributed by atoms with van der Waals surface area (Å²) < 4.78 is 58.0. The van der Waals surface area contributed by atoms with Crippen molar-refractivity contribution in [1.82, 2.24) is 4.90 Å². The summed E-state index contributed by atoms with van der Waals surface area (Å²) in [5, 5.41) is 24.3. The van der Waals surface area contributed by atoms with Gasteiger partial charge in [0.05, 0.1) is 49.5 Å². The summed E-state index contributed by atoms with van der Waals surface area (Å²) in [4.78, 5) is 31.0. The van der Waals surface area contributed by atoms with Gasteiger partial charge in [-0.2, -0.15) is 13.2 Å². The molecule has 332 valence electrons. The molecular formula is C51H53ClF3NO7. The van der Waals surface area contributed by atoms with E-state index in [2.05, 4.69) is 6.08 Å². The molecule has 0 saturated heterocycles. The Morgan fingerprint density at radius 1 is 0.905 bits per heavy atom. The van der Waals surface area contributed by atoms with Crippen molar-refractivity contribution in [2.75, 3.05) is 20.8 Å². The van der Waals surface area contributed by atoms with E-state index in [1.54, 1.807) is 37.3 Å². The largest absolute Gasteiger partial charge is 0.493 e. The summed E-state index contributed by atoms with van der Waals surface area (Å²) in [5.41, 5.74) is 1.27. The fourth-order valence-electron chi connectivity index (χ4n) is 9.45. The first-order chi connectivity index (χ1) is 30.0. The molecule has 1 heterocycles. The zero-order valence-electron chi connectivity index (χ0n) is 35.9. The second-order valence-electron chi connectivity index (χ2n) is 17.2. The van der Waals surface area contributed by atoms with Crippen molar-refractivity contribution in [2.45, 2.75) is 95.6 Å². The maximum Gasteiger partial charge on any atom is 0.416 e. The van der Waals surface area contributed by atoms with Crippen molar-refractivity contribution < 1.29 is 46.9 Å². The second-order valence-corrected chi connectivity index (χ2v) is 17.6. The van der Waals surface area contributed by atoms with Crippen molar-refractivity contribution in [3.63, 3.8) is 0 Å². The third-order valence-corrected chi connectivity index (χ3v) is 13.5. The van der Waals surface area contributed by atoms with Crippen LogP contribution >= 0.6 is 11.6 Å². The van der Waals surface area contributed by atoms with Crippen LogP contribution in [0.2, 0.25) is 5.02 Å². The zero-order chi connectivity index (χ0) is 45.1. The van der Waals surface area contributed by atoms with Crippen LogP contribution in [-0.2, 0) is 30.4 Å². The van der Waals surface area contributed by atoms with E-state index in [0.29, 0.717) is 67.6 Å². The molecule has 12 heteroatoms.